The largest absolute Gasteiger partial charge is 0.493 e. The molecule has 4 fully saturated rings. The van der Waals surface area contributed by atoms with Crippen LogP contribution in [0.1, 0.15) is 131 Å². The van der Waals surface area contributed by atoms with Crippen LogP contribution in [0.25, 0.3) is 0 Å². The first kappa shape index (κ1) is 29.0. The van der Waals surface area contributed by atoms with Gasteiger partial charge in [0.25, 0.3) is 0 Å². The van der Waals surface area contributed by atoms with Crippen LogP contribution in [0, 0.1) is 45.8 Å². The number of benzene rings is 1. The van der Waals surface area contributed by atoms with E-state index in [4.69, 9.17) is 4.74 Å². The molecule has 1 aromatic rings. The van der Waals surface area contributed by atoms with Crippen molar-refractivity contribution >= 4 is 0 Å². The molecule has 0 aliphatic heterocycles. The highest BCUT2D eigenvalue weighted by molar-refractivity contribution is 5.27. The average Bonchev–Trinajstić information content (AvgIpc) is 3.34. The average molecular weight is 531 g/mol. The Morgan fingerprint density at radius 3 is 2.36 bits per heavy atom. The smallest absolute Gasteiger partial charge is 0.113 e. The maximum Gasteiger partial charge on any atom is 0.113 e. The highest BCUT2D eigenvalue weighted by Gasteiger charge is 2.62. The molecule has 1 heteroatoms. The van der Waals surface area contributed by atoms with Gasteiger partial charge in [0.15, 0.2) is 0 Å². The van der Waals surface area contributed by atoms with Gasteiger partial charge >= 0.3 is 0 Å². The van der Waals surface area contributed by atoms with Crippen molar-refractivity contribution in [1.29, 1.82) is 0 Å². The standard InChI is InChI=1S/C38H58O/c1-8-36(6)32-22-25-38(35(30-16-12-17-30)39-26-29-14-10-9-11-15-29)23-13-18-33(38)31(32)19-20-34(36)37(7,28(4)5)24-21-27(2)3/h9-11,14-15,21,28,31-34H,8,12-13,16-20,22-26H2,1-7H3. The first-order chi connectivity index (χ1) is 18.7. The van der Waals surface area contributed by atoms with Gasteiger partial charge < -0.3 is 4.74 Å². The van der Waals surface area contributed by atoms with Crippen molar-refractivity contribution in [3.63, 3.8) is 0 Å². The molecule has 0 N–H and O–H groups in total. The molecule has 4 aliphatic carbocycles. The molecule has 216 valence electrons. The second-order valence-corrected chi connectivity index (χ2v) is 15.2. The third-order valence-corrected chi connectivity index (χ3v) is 13.0. The molecule has 39 heavy (non-hydrogen) atoms. The monoisotopic (exact) mass is 530 g/mol. The molecule has 0 saturated heterocycles. The molecule has 0 radical (unpaired) electrons. The Hall–Kier alpha value is -1.50. The van der Waals surface area contributed by atoms with E-state index in [2.05, 4.69) is 84.9 Å². The number of allylic oxidation sites excluding steroid dienone is 4. The molecule has 1 aromatic carbocycles. The lowest BCUT2D eigenvalue weighted by Crippen LogP contribution is -2.56. The fraction of sp³-hybridized carbons (Fsp3) is 0.737. The van der Waals surface area contributed by atoms with Crippen molar-refractivity contribution in [2.75, 3.05) is 0 Å². The van der Waals surface area contributed by atoms with Gasteiger partial charge in [-0.15, -0.1) is 0 Å². The molecule has 7 atom stereocenters. The van der Waals surface area contributed by atoms with Crippen molar-refractivity contribution < 1.29 is 4.74 Å². The summed E-state index contributed by atoms with van der Waals surface area (Å²) in [6.07, 6.45) is 18.8. The Kier molecular flexibility index (Phi) is 8.49. The van der Waals surface area contributed by atoms with Gasteiger partial charge in [0.1, 0.15) is 12.4 Å². The normalized spacial score (nSPS) is 35.4. The Morgan fingerprint density at radius 2 is 1.74 bits per heavy atom. The minimum atomic E-state index is 0.316. The predicted molar refractivity (Wildman–Crippen MR) is 166 cm³/mol. The lowest BCUT2D eigenvalue weighted by atomic mass is 9.42. The fourth-order valence-corrected chi connectivity index (χ4v) is 10.2. The van der Waals surface area contributed by atoms with Gasteiger partial charge in [0.2, 0.25) is 0 Å². The van der Waals surface area contributed by atoms with E-state index in [0.29, 0.717) is 22.2 Å². The van der Waals surface area contributed by atoms with E-state index in [1.54, 1.807) is 5.57 Å². The molecule has 0 spiro atoms. The summed E-state index contributed by atoms with van der Waals surface area (Å²) in [5.74, 6) is 5.55. The summed E-state index contributed by atoms with van der Waals surface area (Å²) in [7, 11) is 0. The van der Waals surface area contributed by atoms with Crippen LogP contribution < -0.4 is 0 Å². The van der Waals surface area contributed by atoms with E-state index in [-0.39, 0.29) is 0 Å². The number of ether oxygens (including phenoxy) is 1. The van der Waals surface area contributed by atoms with Gasteiger partial charge in [-0.2, -0.15) is 0 Å². The third kappa shape index (κ3) is 5.08. The number of rotatable bonds is 9. The van der Waals surface area contributed by atoms with Crippen LogP contribution in [-0.4, -0.2) is 0 Å². The Bertz CT molecular complexity index is 1040. The van der Waals surface area contributed by atoms with Crippen molar-refractivity contribution in [1.82, 2.24) is 0 Å². The molecular weight excluding hydrogens is 472 g/mol. The lowest BCUT2D eigenvalue weighted by molar-refractivity contribution is -0.136. The molecule has 1 nitrogen and oxygen atoms in total. The van der Waals surface area contributed by atoms with Gasteiger partial charge in [-0.05, 0) is 130 Å². The molecule has 4 saturated carbocycles. The van der Waals surface area contributed by atoms with Crippen LogP contribution >= 0.6 is 0 Å². The Morgan fingerprint density at radius 1 is 1.00 bits per heavy atom. The van der Waals surface area contributed by atoms with Crippen molar-refractivity contribution in [2.45, 2.75) is 132 Å². The molecule has 4 aliphatic rings. The van der Waals surface area contributed by atoms with E-state index < -0.39 is 0 Å². The third-order valence-electron chi connectivity index (χ3n) is 13.0. The van der Waals surface area contributed by atoms with Gasteiger partial charge in [-0.3, -0.25) is 0 Å². The number of hydrogen-bond acceptors (Lipinski definition) is 1. The van der Waals surface area contributed by atoms with Crippen LogP contribution in [-0.2, 0) is 11.3 Å². The summed E-state index contributed by atoms with van der Waals surface area (Å²) >= 11 is 0. The van der Waals surface area contributed by atoms with Gasteiger partial charge in [0.05, 0.1) is 0 Å². The van der Waals surface area contributed by atoms with Gasteiger partial charge in [-0.25, -0.2) is 0 Å². The summed E-state index contributed by atoms with van der Waals surface area (Å²) in [5.41, 5.74) is 5.59. The SMILES string of the molecule is CCC1(C)C2CCC3(C(OCc4ccccc4)=C4CCC4)CCCC3C2CCC1C(C)(CC=C(C)C)C(C)C. The minimum Gasteiger partial charge on any atom is -0.493 e. The van der Waals surface area contributed by atoms with E-state index in [1.165, 1.54) is 93.9 Å². The quantitative estimate of drug-likeness (QED) is 0.228. The van der Waals surface area contributed by atoms with Crippen molar-refractivity contribution in [3.8, 4) is 0 Å². The molecule has 7 unspecified atom stereocenters. The van der Waals surface area contributed by atoms with Gasteiger partial charge in [-0.1, -0.05) is 89.4 Å². The van der Waals surface area contributed by atoms with Crippen LogP contribution in [0.5, 0.6) is 0 Å². The zero-order chi connectivity index (χ0) is 27.8. The Labute approximate surface area is 241 Å². The van der Waals surface area contributed by atoms with Crippen LogP contribution in [0.2, 0.25) is 0 Å². The summed E-state index contributed by atoms with van der Waals surface area (Å²) in [4.78, 5) is 0. The first-order valence-electron chi connectivity index (χ1n) is 16.7. The van der Waals surface area contributed by atoms with Crippen LogP contribution in [0.3, 0.4) is 0 Å². The highest BCUT2D eigenvalue weighted by atomic mass is 16.5. The molecule has 0 heterocycles. The molecule has 0 aromatic heterocycles. The Balaban J connectivity index is 1.44. The van der Waals surface area contributed by atoms with E-state index >= 15 is 0 Å². The van der Waals surface area contributed by atoms with Gasteiger partial charge in [0, 0.05) is 5.41 Å². The summed E-state index contributed by atoms with van der Waals surface area (Å²) in [6.45, 7) is 18.2. The summed E-state index contributed by atoms with van der Waals surface area (Å²) < 4.78 is 6.97. The predicted octanol–water partition coefficient (Wildman–Crippen LogP) is 11.3. The van der Waals surface area contributed by atoms with E-state index in [9.17, 15) is 0 Å². The summed E-state index contributed by atoms with van der Waals surface area (Å²) in [5, 5.41) is 0. The molecular formula is C38H58O. The maximum atomic E-state index is 6.97. The van der Waals surface area contributed by atoms with E-state index in [1.807, 2.05) is 0 Å². The lowest BCUT2D eigenvalue weighted by Gasteiger charge is -2.63. The minimum absolute atomic E-state index is 0.316. The maximum absolute atomic E-state index is 6.97. The zero-order valence-corrected chi connectivity index (χ0v) is 26.5. The first-order valence-corrected chi connectivity index (χ1v) is 16.7. The van der Waals surface area contributed by atoms with Crippen molar-refractivity contribution in [2.24, 2.45) is 45.8 Å². The molecule has 0 amide bonds. The van der Waals surface area contributed by atoms with Crippen molar-refractivity contribution in [3.05, 3.63) is 58.9 Å². The fourth-order valence-electron chi connectivity index (χ4n) is 10.2. The number of hydrogen-bond donors (Lipinski definition) is 0. The molecule has 5 rings (SSSR count). The van der Waals surface area contributed by atoms with E-state index in [0.717, 1.165) is 30.3 Å². The topological polar surface area (TPSA) is 9.23 Å². The molecule has 0 bridgehead atoms. The second-order valence-electron chi connectivity index (χ2n) is 15.2. The van der Waals surface area contributed by atoms with Crippen LogP contribution in [0.15, 0.2) is 53.3 Å². The highest BCUT2D eigenvalue weighted by Crippen LogP contribution is 2.69. The zero-order valence-electron chi connectivity index (χ0n) is 26.5. The number of fused-ring (bicyclic) bond motifs is 3. The second kappa shape index (κ2) is 11.4. The summed E-state index contributed by atoms with van der Waals surface area (Å²) in [6, 6.07) is 10.9. The van der Waals surface area contributed by atoms with Crippen LogP contribution in [0.4, 0.5) is 0 Å².